The van der Waals surface area contributed by atoms with Crippen LogP contribution in [0.5, 0.6) is 0 Å². The quantitative estimate of drug-likeness (QED) is 0.598. The van der Waals surface area contributed by atoms with Gasteiger partial charge in [0.1, 0.15) is 12.2 Å². The molecular formula is C20H22O4. The van der Waals surface area contributed by atoms with E-state index in [1.807, 2.05) is 48.5 Å². The highest BCUT2D eigenvalue weighted by Gasteiger charge is 2.32. The maximum Gasteiger partial charge on any atom is 0.313 e. The van der Waals surface area contributed by atoms with Gasteiger partial charge in [-0.25, -0.2) is 0 Å². The summed E-state index contributed by atoms with van der Waals surface area (Å²) in [4.78, 5) is 23.5. The van der Waals surface area contributed by atoms with Gasteiger partial charge >= 0.3 is 5.97 Å². The van der Waals surface area contributed by atoms with Crippen molar-refractivity contribution in [1.29, 1.82) is 0 Å². The van der Waals surface area contributed by atoms with Crippen molar-refractivity contribution < 1.29 is 19.4 Å². The van der Waals surface area contributed by atoms with E-state index >= 15 is 0 Å². The lowest BCUT2D eigenvalue weighted by Crippen LogP contribution is -2.30. The van der Waals surface area contributed by atoms with Crippen LogP contribution < -0.4 is 0 Å². The summed E-state index contributed by atoms with van der Waals surface area (Å²) >= 11 is 0. The Labute approximate surface area is 142 Å². The van der Waals surface area contributed by atoms with Gasteiger partial charge in [0.15, 0.2) is 0 Å². The van der Waals surface area contributed by atoms with Crippen molar-refractivity contribution >= 4 is 11.8 Å². The van der Waals surface area contributed by atoms with E-state index < -0.39 is 11.6 Å². The molecule has 0 aliphatic carbocycles. The molecule has 0 aromatic heterocycles. The summed E-state index contributed by atoms with van der Waals surface area (Å²) < 4.78 is 4.53. The SMILES string of the molecule is COC(=O)CC(=O)CC(O)(CCc1ccccc1)c1ccccc1. The molecule has 4 heteroatoms. The molecule has 1 N–H and O–H groups in total. The first-order chi connectivity index (χ1) is 11.5. The molecule has 0 saturated carbocycles. The molecule has 24 heavy (non-hydrogen) atoms. The highest BCUT2D eigenvalue weighted by molar-refractivity contribution is 5.96. The van der Waals surface area contributed by atoms with Crippen LogP contribution in [0.2, 0.25) is 0 Å². The fourth-order valence-corrected chi connectivity index (χ4v) is 2.70. The molecule has 0 saturated heterocycles. The Morgan fingerprint density at radius 3 is 2.17 bits per heavy atom. The number of hydrogen-bond acceptors (Lipinski definition) is 4. The second-order valence-corrected chi connectivity index (χ2v) is 5.85. The fourth-order valence-electron chi connectivity index (χ4n) is 2.70. The normalized spacial score (nSPS) is 13.1. The number of ether oxygens (including phenoxy) is 1. The van der Waals surface area contributed by atoms with Crippen LogP contribution in [0.15, 0.2) is 60.7 Å². The summed E-state index contributed by atoms with van der Waals surface area (Å²) in [7, 11) is 1.24. The van der Waals surface area contributed by atoms with Gasteiger partial charge in [0, 0.05) is 6.42 Å². The number of carbonyl (C=O) groups is 2. The summed E-state index contributed by atoms with van der Waals surface area (Å²) in [6, 6.07) is 18.9. The minimum atomic E-state index is -1.30. The monoisotopic (exact) mass is 326 g/mol. The maximum atomic E-state index is 12.2. The third-order valence-electron chi connectivity index (χ3n) is 4.04. The van der Waals surface area contributed by atoms with Gasteiger partial charge in [0.05, 0.1) is 12.7 Å². The van der Waals surface area contributed by atoms with E-state index in [2.05, 4.69) is 4.74 Å². The third kappa shape index (κ3) is 5.03. The van der Waals surface area contributed by atoms with Crippen molar-refractivity contribution in [2.24, 2.45) is 0 Å². The Kier molecular flexibility index (Phi) is 6.27. The summed E-state index contributed by atoms with van der Waals surface area (Å²) in [5.41, 5.74) is 0.466. The molecule has 2 rings (SSSR count). The van der Waals surface area contributed by atoms with Crippen molar-refractivity contribution in [3.8, 4) is 0 Å². The molecule has 0 bridgehead atoms. The van der Waals surface area contributed by atoms with Crippen molar-refractivity contribution in [2.45, 2.75) is 31.3 Å². The lowest BCUT2D eigenvalue weighted by Gasteiger charge is -2.28. The molecule has 0 radical (unpaired) electrons. The van der Waals surface area contributed by atoms with E-state index in [-0.39, 0.29) is 18.6 Å². The van der Waals surface area contributed by atoms with Gasteiger partial charge in [-0.3, -0.25) is 9.59 Å². The van der Waals surface area contributed by atoms with Gasteiger partial charge in [-0.2, -0.15) is 0 Å². The number of carbonyl (C=O) groups excluding carboxylic acids is 2. The maximum absolute atomic E-state index is 12.2. The number of rotatable bonds is 8. The van der Waals surface area contributed by atoms with Crippen LogP contribution >= 0.6 is 0 Å². The van der Waals surface area contributed by atoms with E-state index in [1.165, 1.54) is 7.11 Å². The molecule has 0 fully saturated rings. The van der Waals surface area contributed by atoms with Gasteiger partial charge in [-0.15, -0.1) is 0 Å². The molecule has 4 nitrogen and oxygen atoms in total. The van der Waals surface area contributed by atoms with Crippen LogP contribution in [0.4, 0.5) is 0 Å². The zero-order valence-corrected chi connectivity index (χ0v) is 13.8. The van der Waals surface area contributed by atoms with Crippen LogP contribution in [0.25, 0.3) is 0 Å². The van der Waals surface area contributed by atoms with Gasteiger partial charge in [0.25, 0.3) is 0 Å². The first kappa shape index (κ1) is 17.9. The smallest absolute Gasteiger partial charge is 0.313 e. The summed E-state index contributed by atoms with van der Waals surface area (Å²) in [6.07, 6.45) is 0.599. The molecule has 0 aliphatic heterocycles. The van der Waals surface area contributed by atoms with Crippen LogP contribution in [0, 0.1) is 0 Å². The summed E-state index contributed by atoms with van der Waals surface area (Å²) in [5, 5.41) is 11.1. The number of hydrogen-bond donors (Lipinski definition) is 1. The number of aliphatic hydroxyl groups is 1. The largest absolute Gasteiger partial charge is 0.469 e. The molecule has 0 spiro atoms. The first-order valence-electron chi connectivity index (χ1n) is 7.94. The number of esters is 1. The molecule has 1 atom stereocenters. The highest BCUT2D eigenvalue weighted by atomic mass is 16.5. The predicted molar refractivity (Wildman–Crippen MR) is 91.4 cm³/mol. The number of Topliss-reactive ketones (excluding diaryl/α,β-unsaturated/α-hetero) is 1. The van der Waals surface area contributed by atoms with Gasteiger partial charge in [0.2, 0.25) is 0 Å². The summed E-state index contributed by atoms with van der Waals surface area (Å²) in [6.45, 7) is 0. The van der Waals surface area contributed by atoms with Gasteiger partial charge in [-0.1, -0.05) is 60.7 Å². The van der Waals surface area contributed by atoms with E-state index in [9.17, 15) is 14.7 Å². The van der Waals surface area contributed by atoms with Gasteiger partial charge in [-0.05, 0) is 24.0 Å². The second-order valence-electron chi connectivity index (χ2n) is 5.85. The Bertz CT molecular complexity index is 667. The number of methoxy groups -OCH3 is 1. The zero-order valence-electron chi connectivity index (χ0n) is 13.8. The van der Waals surface area contributed by atoms with Gasteiger partial charge < -0.3 is 9.84 Å². The van der Waals surface area contributed by atoms with Crippen LogP contribution in [-0.2, 0) is 26.3 Å². The Balaban J connectivity index is 2.15. The molecule has 1 unspecified atom stereocenters. The molecule has 126 valence electrons. The van der Waals surface area contributed by atoms with Crippen molar-refractivity contribution in [2.75, 3.05) is 7.11 Å². The Hall–Kier alpha value is -2.46. The minimum Gasteiger partial charge on any atom is -0.469 e. The zero-order chi connectivity index (χ0) is 17.4. The van der Waals surface area contributed by atoms with Crippen LogP contribution in [0.1, 0.15) is 30.4 Å². The van der Waals surface area contributed by atoms with Crippen molar-refractivity contribution in [1.82, 2.24) is 0 Å². The van der Waals surface area contributed by atoms with E-state index in [0.29, 0.717) is 18.4 Å². The average Bonchev–Trinajstić information content (AvgIpc) is 2.61. The molecule has 2 aromatic carbocycles. The molecule has 0 heterocycles. The highest BCUT2D eigenvalue weighted by Crippen LogP contribution is 2.31. The standard InChI is InChI=1S/C20H22O4/c1-24-19(22)14-18(21)15-20(23,17-10-6-3-7-11-17)13-12-16-8-4-2-5-9-16/h2-11,23H,12-15H2,1H3. The second kappa shape index (κ2) is 8.41. The van der Waals surface area contributed by atoms with E-state index in [4.69, 9.17) is 0 Å². The third-order valence-corrected chi connectivity index (χ3v) is 4.04. The van der Waals surface area contributed by atoms with E-state index in [0.717, 1.165) is 5.56 Å². The number of aryl methyl sites for hydroxylation is 1. The average molecular weight is 326 g/mol. The predicted octanol–water partition coefficient (Wildman–Crippen LogP) is 3.03. The first-order valence-corrected chi connectivity index (χ1v) is 7.94. The van der Waals surface area contributed by atoms with Crippen LogP contribution in [0.3, 0.4) is 0 Å². The van der Waals surface area contributed by atoms with Crippen molar-refractivity contribution in [3.63, 3.8) is 0 Å². The Morgan fingerprint density at radius 1 is 1.00 bits per heavy atom. The number of ketones is 1. The molecular weight excluding hydrogens is 304 g/mol. The minimum absolute atomic E-state index is 0.112. The molecule has 0 aliphatic rings. The topological polar surface area (TPSA) is 63.6 Å². The lowest BCUT2D eigenvalue weighted by molar-refractivity contribution is -0.144. The fraction of sp³-hybridized carbons (Fsp3) is 0.300. The molecule has 2 aromatic rings. The van der Waals surface area contributed by atoms with Crippen LogP contribution in [-0.4, -0.2) is 24.0 Å². The number of benzene rings is 2. The lowest BCUT2D eigenvalue weighted by atomic mass is 9.83. The molecule has 0 amide bonds. The summed E-state index contributed by atoms with van der Waals surface area (Å²) in [5.74, 6) is -0.917. The van der Waals surface area contributed by atoms with E-state index in [1.54, 1.807) is 12.1 Å². The Morgan fingerprint density at radius 2 is 1.58 bits per heavy atom. The van der Waals surface area contributed by atoms with Crippen molar-refractivity contribution in [3.05, 3.63) is 71.8 Å².